The Kier molecular flexibility index (Phi) is 7.75. The molecule has 0 aliphatic carbocycles. The lowest BCUT2D eigenvalue weighted by Crippen LogP contribution is -2.13. The molecule has 0 aliphatic rings. The molecule has 0 amide bonds. The number of carbonyl (C=O) groups is 2. The first-order valence-electron chi connectivity index (χ1n) is 10.3. The van der Waals surface area contributed by atoms with Gasteiger partial charge in [-0.15, -0.1) is 0 Å². The van der Waals surface area contributed by atoms with E-state index in [4.69, 9.17) is 14.2 Å². The molecule has 0 N–H and O–H groups in total. The largest absolute Gasteiger partial charge is 0.497 e. The monoisotopic (exact) mass is 431 g/mol. The van der Waals surface area contributed by atoms with Gasteiger partial charge in [0.05, 0.1) is 30.0 Å². The zero-order valence-electron chi connectivity index (χ0n) is 18.3. The van der Waals surface area contributed by atoms with Crippen molar-refractivity contribution in [2.75, 3.05) is 7.11 Å². The SMILES string of the molecule is CCC(C)OC(=O)c1ccc(N=Cc2ccc(OC(=O)c3ccc(OC)cc3)cc2)cc1. The van der Waals surface area contributed by atoms with Crippen LogP contribution in [0.4, 0.5) is 5.69 Å². The number of esters is 2. The number of hydrogen-bond acceptors (Lipinski definition) is 6. The molecule has 0 saturated heterocycles. The molecule has 32 heavy (non-hydrogen) atoms. The highest BCUT2D eigenvalue weighted by molar-refractivity contribution is 5.91. The Morgan fingerprint density at radius 2 is 1.41 bits per heavy atom. The standard InChI is InChI=1S/C26H25NO5/c1-4-18(2)31-25(28)20-7-11-22(12-8-20)27-17-19-5-13-24(14-6-19)32-26(29)21-9-15-23(30-3)16-10-21/h5-18H,4H2,1-3H3. The highest BCUT2D eigenvalue weighted by Gasteiger charge is 2.10. The van der Waals surface area contributed by atoms with Crippen LogP contribution in [0.1, 0.15) is 46.5 Å². The summed E-state index contributed by atoms with van der Waals surface area (Å²) >= 11 is 0. The third-order valence-corrected chi connectivity index (χ3v) is 4.77. The summed E-state index contributed by atoms with van der Waals surface area (Å²) in [7, 11) is 1.57. The van der Waals surface area contributed by atoms with Crippen molar-refractivity contribution in [1.29, 1.82) is 0 Å². The molecule has 0 saturated carbocycles. The molecule has 0 aromatic heterocycles. The van der Waals surface area contributed by atoms with Crippen molar-refractivity contribution in [3.63, 3.8) is 0 Å². The van der Waals surface area contributed by atoms with Gasteiger partial charge in [-0.1, -0.05) is 6.92 Å². The number of ether oxygens (including phenoxy) is 3. The molecule has 3 aromatic carbocycles. The normalized spacial score (nSPS) is 11.7. The van der Waals surface area contributed by atoms with Gasteiger partial charge >= 0.3 is 11.9 Å². The van der Waals surface area contributed by atoms with E-state index in [1.807, 2.05) is 13.8 Å². The molecular formula is C26H25NO5. The minimum Gasteiger partial charge on any atom is -0.497 e. The second kappa shape index (κ2) is 10.9. The van der Waals surface area contributed by atoms with Gasteiger partial charge in [-0.25, -0.2) is 9.59 Å². The summed E-state index contributed by atoms with van der Waals surface area (Å²) < 4.78 is 15.8. The molecular weight excluding hydrogens is 406 g/mol. The average Bonchev–Trinajstić information content (AvgIpc) is 2.83. The Morgan fingerprint density at radius 3 is 2.00 bits per heavy atom. The summed E-state index contributed by atoms with van der Waals surface area (Å²) in [5.74, 6) is 0.327. The Bertz CT molecular complexity index is 1070. The van der Waals surface area contributed by atoms with Crippen molar-refractivity contribution < 1.29 is 23.8 Å². The smallest absolute Gasteiger partial charge is 0.343 e. The minimum absolute atomic E-state index is 0.112. The summed E-state index contributed by atoms with van der Waals surface area (Å²) in [6.45, 7) is 3.83. The second-order valence-corrected chi connectivity index (χ2v) is 7.12. The number of rotatable bonds is 8. The van der Waals surface area contributed by atoms with Crippen LogP contribution in [-0.2, 0) is 4.74 Å². The summed E-state index contributed by atoms with van der Waals surface area (Å²) in [5, 5.41) is 0. The van der Waals surface area contributed by atoms with E-state index in [-0.39, 0.29) is 12.1 Å². The predicted molar refractivity (Wildman–Crippen MR) is 123 cm³/mol. The van der Waals surface area contributed by atoms with Crippen LogP contribution in [0.15, 0.2) is 77.8 Å². The number of aliphatic imine (C=N–C) groups is 1. The molecule has 6 nitrogen and oxygen atoms in total. The van der Waals surface area contributed by atoms with Crippen LogP contribution in [0.2, 0.25) is 0 Å². The fraction of sp³-hybridized carbons (Fsp3) is 0.192. The van der Waals surface area contributed by atoms with E-state index in [0.29, 0.717) is 28.3 Å². The van der Waals surface area contributed by atoms with Crippen molar-refractivity contribution in [3.05, 3.63) is 89.5 Å². The van der Waals surface area contributed by atoms with Crippen molar-refractivity contribution in [2.45, 2.75) is 26.4 Å². The lowest BCUT2D eigenvalue weighted by molar-refractivity contribution is 0.0334. The van der Waals surface area contributed by atoms with Gasteiger partial charge < -0.3 is 14.2 Å². The zero-order valence-corrected chi connectivity index (χ0v) is 18.3. The molecule has 1 unspecified atom stereocenters. The van der Waals surface area contributed by atoms with Crippen molar-refractivity contribution >= 4 is 23.8 Å². The highest BCUT2D eigenvalue weighted by atomic mass is 16.5. The highest BCUT2D eigenvalue weighted by Crippen LogP contribution is 2.18. The first kappa shape index (κ1) is 22.7. The third kappa shape index (κ3) is 6.28. The van der Waals surface area contributed by atoms with Crippen LogP contribution >= 0.6 is 0 Å². The number of carbonyl (C=O) groups excluding carboxylic acids is 2. The Morgan fingerprint density at radius 1 is 0.844 bits per heavy atom. The van der Waals surface area contributed by atoms with Gasteiger partial charge in [-0.05, 0) is 91.7 Å². The average molecular weight is 431 g/mol. The zero-order chi connectivity index (χ0) is 22.9. The van der Waals surface area contributed by atoms with Crippen LogP contribution in [0.5, 0.6) is 11.5 Å². The fourth-order valence-corrected chi connectivity index (χ4v) is 2.68. The van der Waals surface area contributed by atoms with Gasteiger partial charge in [0.1, 0.15) is 11.5 Å². The minimum atomic E-state index is -0.444. The lowest BCUT2D eigenvalue weighted by atomic mass is 10.2. The van der Waals surface area contributed by atoms with Crippen molar-refractivity contribution in [2.24, 2.45) is 4.99 Å². The van der Waals surface area contributed by atoms with Crippen molar-refractivity contribution in [3.8, 4) is 11.5 Å². The van der Waals surface area contributed by atoms with Gasteiger partial charge in [0.2, 0.25) is 0 Å². The number of benzene rings is 3. The molecule has 0 heterocycles. The molecule has 3 rings (SSSR count). The van der Waals surface area contributed by atoms with Gasteiger partial charge in [-0.2, -0.15) is 0 Å². The van der Waals surface area contributed by atoms with E-state index in [1.165, 1.54) is 0 Å². The predicted octanol–water partition coefficient (Wildman–Crippen LogP) is 5.62. The fourth-order valence-electron chi connectivity index (χ4n) is 2.68. The van der Waals surface area contributed by atoms with Crippen LogP contribution in [0.25, 0.3) is 0 Å². The van der Waals surface area contributed by atoms with E-state index in [9.17, 15) is 9.59 Å². The molecule has 0 aliphatic heterocycles. The Hall–Kier alpha value is -3.93. The van der Waals surface area contributed by atoms with E-state index in [1.54, 1.807) is 86.1 Å². The van der Waals surface area contributed by atoms with E-state index < -0.39 is 5.97 Å². The molecule has 0 radical (unpaired) electrons. The quantitative estimate of drug-likeness (QED) is 0.263. The van der Waals surface area contributed by atoms with Gasteiger partial charge in [-0.3, -0.25) is 4.99 Å². The Labute approximate surface area is 187 Å². The number of hydrogen-bond donors (Lipinski definition) is 0. The maximum absolute atomic E-state index is 12.2. The molecule has 164 valence electrons. The molecule has 3 aromatic rings. The number of nitrogens with zero attached hydrogens (tertiary/aromatic N) is 1. The summed E-state index contributed by atoms with van der Waals surface area (Å²) in [6.07, 6.45) is 2.36. The van der Waals surface area contributed by atoms with Crippen LogP contribution < -0.4 is 9.47 Å². The molecule has 6 heteroatoms. The molecule has 0 fully saturated rings. The van der Waals surface area contributed by atoms with E-state index >= 15 is 0 Å². The first-order chi connectivity index (χ1) is 15.5. The van der Waals surface area contributed by atoms with Crippen LogP contribution in [0.3, 0.4) is 0 Å². The van der Waals surface area contributed by atoms with Gasteiger partial charge in [0.15, 0.2) is 0 Å². The van der Waals surface area contributed by atoms with Crippen molar-refractivity contribution in [1.82, 2.24) is 0 Å². The van der Waals surface area contributed by atoms with E-state index in [0.717, 1.165) is 12.0 Å². The summed E-state index contributed by atoms with van der Waals surface area (Å²) in [4.78, 5) is 28.7. The maximum Gasteiger partial charge on any atom is 0.343 e. The topological polar surface area (TPSA) is 74.2 Å². The van der Waals surface area contributed by atoms with Crippen LogP contribution in [-0.4, -0.2) is 31.4 Å². The van der Waals surface area contributed by atoms with Gasteiger partial charge in [0, 0.05) is 6.21 Å². The second-order valence-electron chi connectivity index (χ2n) is 7.12. The van der Waals surface area contributed by atoms with Gasteiger partial charge in [0.25, 0.3) is 0 Å². The summed E-state index contributed by atoms with van der Waals surface area (Å²) in [5.41, 5.74) is 2.48. The lowest BCUT2D eigenvalue weighted by Gasteiger charge is -2.10. The Balaban J connectivity index is 1.57. The van der Waals surface area contributed by atoms with E-state index in [2.05, 4.69) is 4.99 Å². The first-order valence-corrected chi connectivity index (χ1v) is 10.3. The molecule has 0 spiro atoms. The molecule has 1 atom stereocenters. The third-order valence-electron chi connectivity index (χ3n) is 4.77. The number of methoxy groups -OCH3 is 1. The molecule has 0 bridgehead atoms. The maximum atomic E-state index is 12.2. The summed E-state index contributed by atoms with van der Waals surface area (Å²) in [6, 6.07) is 20.6. The van der Waals surface area contributed by atoms with Crippen LogP contribution in [0, 0.1) is 0 Å².